The molecule has 1 aliphatic rings. The van der Waals surface area contributed by atoms with Crippen molar-refractivity contribution in [3.05, 3.63) is 59.0 Å². The number of hydrogen-bond acceptors (Lipinski definition) is 3. The lowest BCUT2D eigenvalue weighted by molar-refractivity contribution is -0.123. The van der Waals surface area contributed by atoms with Crippen LogP contribution in [0.1, 0.15) is 56.4 Å². The van der Waals surface area contributed by atoms with Gasteiger partial charge in [0.1, 0.15) is 5.82 Å². The Bertz CT molecular complexity index is 1170. The second kappa shape index (κ2) is 8.51. The molecule has 1 aromatic heterocycles. The van der Waals surface area contributed by atoms with Gasteiger partial charge in [-0.2, -0.15) is 0 Å². The van der Waals surface area contributed by atoms with Crippen LogP contribution < -0.4 is 5.32 Å². The third-order valence-corrected chi connectivity index (χ3v) is 6.22. The fourth-order valence-electron chi connectivity index (χ4n) is 4.39. The number of aromatic nitrogens is 1. The van der Waals surface area contributed by atoms with Crippen molar-refractivity contribution in [3.63, 3.8) is 0 Å². The van der Waals surface area contributed by atoms with E-state index < -0.39 is 5.41 Å². The number of ether oxygens (including phenoxy) is 1. The van der Waals surface area contributed by atoms with Crippen LogP contribution in [0.15, 0.2) is 36.4 Å². The molecule has 2 aromatic carbocycles. The SMILES string of the molecule is Cc1c(C2CCOCC2)n(-c2ccc(F)cc2)c2cc(C=N)c(NC(=O)C(C)(C)C)cc12. The van der Waals surface area contributed by atoms with Crippen LogP contribution in [-0.2, 0) is 9.53 Å². The van der Waals surface area contributed by atoms with Gasteiger partial charge in [0.05, 0.1) is 11.2 Å². The number of rotatable bonds is 4. The molecule has 0 bridgehead atoms. The highest BCUT2D eigenvalue weighted by Gasteiger charge is 2.27. The molecule has 1 fully saturated rings. The van der Waals surface area contributed by atoms with Gasteiger partial charge in [-0.1, -0.05) is 20.8 Å². The number of aryl methyl sites for hydroxylation is 1. The predicted molar refractivity (Wildman–Crippen MR) is 127 cm³/mol. The number of hydrogen-bond donors (Lipinski definition) is 2. The Morgan fingerprint density at radius 1 is 1.19 bits per heavy atom. The minimum absolute atomic E-state index is 0.0970. The zero-order chi connectivity index (χ0) is 23.0. The van der Waals surface area contributed by atoms with Gasteiger partial charge in [-0.05, 0) is 61.7 Å². The molecule has 1 aliphatic heterocycles. The standard InChI is InChI=1S/C26H30FN3O2/c1-16-21-14-22(29-25(31)26(2,3)4)18(15-28)13-23(21)30(20-7-5-19(27)6-8-20)24(16)17-9-11-32-12-10-17/h5-8,13-15,17,28H,9-12H2,1-4H3,(H,29,31). The number of anilines is 1. The van der Waals surface area contributed by atoms with Gasteiger partial charge in [0.25, 0.3) is 0 Å². The molecule has 1 saturated heterocycles. The Morgan fingerprint density at radius 3 is 2.44 bits per heavy atom. The lowest BCUT2D eigenvalue weighted by atomic mass is 9.93. The molecule has 4 rings (SSSR count). The maximum Gasteiger partial charge on any atom is 0.229 e. The molecule has 0 aliphatic carbocycles. The molecule has 168 valence electrons. The van der Waals surface area contributed by atoms with Gasteiger partial charge in [-0.25, -0.2) is 4.39 Å². The summed E-state index contributed by atoms with van der Waals surface area (Å²) in [5.41, 5.74) is 4.87. The zero-order valence-corrected chi connectivity index (χ0v) is 19.1. The second-order valence-electron chi connectivity index (χ2n) is 9.51. The number of benzene rings is 2. The first-order valence-corrected chi connectivity index (χ1v) is 11.0. The molecule has 6 heteroatoms. The maximum absolute atomic E-state index is 13.7. The van der Waals surface area contributed by atoms with Gasteiger partial charge in [-0.15, -0.1) is 0 Å². The fraction of sp³-hybridized carbons (Fsp3) is 0.385. The number of amides is 1. The first-order valence-electron chi connectivity index (χ1n) is 11.0. The van der Waals surface area contributed by atoms with Crippen molar-refractivity contribution in [2.45, 2.75) is 46.5 Å². The summed E-state index contributed by atoms with van der Waals surface area (Å²) >= 11 is 0. The quantitative estimate of drug-likeness (QED) is 0.497. The molecule has 3 aromatic rings. The maximum atomic E-state index is 13.7. The average Bonchev–Trinajstić information content (AvgIpc) is 3.05. The van der Waals surface area contributed by atoms with E-state index >= 15 is 0 Å². The third kappa shape index (κ3) is 4.07. The number of carbonyl (C=O) groups excluding carboxylic acids is 1. The summed E-state index contributed by atoms with van der Waals surface area (Å²) in [6.45, 7) is 9.13. The van der Waals surface area contributed by atoms with Crippen LogP contribution >= 0.6 is 0 Å². The van der Waals surface area contributed by atoms with Crippen molar-refractivity contribution < 1.29 is 13.9 Å². The minimum atomic E-state index is -0.545. The van der Waals surface area contributed by atoms with Gasteiger partial charge in [0.2, 0.25) is 5.91 Å². The Morgan fingerprint density at radius 2 is 1.84 bits per heavy atom. The summed E-state index contributed by atoms with van der Waals surface area (Å²) in [6.07, 6.45) is 3.11. The molecule has 0 saturated carbocycles. The van der Waals surface area contributed by atoms with E-state index in [0.29, 0.717) is 30.4 Å². The molecule has 0 spiro atoms. The lowest BCUT2D eigenvalue weighted by Crippen LogP contribution is -2.28. The second-order valence-corrected chi connectivity index (χ2v) is 9.51. The van der Waals surface area contributed by atoms with Crippen molar-refractivity contribution in [2.75, 3.05) is 18.5 Å². The molecule has 2 heterocycles. The monoisotopic (exact) mass is 435 g/mol. The number of nitrogens with zero attached hydrogens (tertiary/aromatic N) is 1. The number of carbonyl (C=O) groups is 1. The van der Waals surface area contributed by atoms with E-state index in [1.807, 2.05) is 32.9 Å². The van der Waals surface area contributed by atoms with Gasteiger partial charge < -0.3 is 20.0 Å². The van der Waals surface area contributed by atoms with Crippen LogP contribution in [0.5, 0.6) is 0 Å². The van der Waals surface area contributed by atoms with Crippen molar-refractivity contribution in [1.82, 2.24) is 4.57 Å². The van der Waals surface area contributed by atoms with E-state index in [9.17, 15) is 9.18 Å². The molecule has 2 N–H and O–H groups in total. The molecule has 32 heavy (non-hydrogen) atoms. The van der Waals surface area contributed by atoms with Crippen LogP contribution in [0.4, 0.5) is 10.1 Å². The predicted octanol–water partition coefficient (Wildman–Crippen LogP) is 5.95. The first-order chi connectivity index (χ1) is 15.2. The highest BCUT2D eigenvalue weighted by molar-refractivity contribution is 6.04. The number of fused-ring (bicyclic) bond motifs is 1. The minimum Gasteiger partial charge on any atom is -0.381 e. The molecular formula is C26H30FN3O2. The van der Waals surface area contributed by atoms with Crippen molar-refractivity contribution >= 4 is 28.7 Å². The van der Waals surface area contributed by atoms with Crippen molar-refractivity contribution in [1.29, 1.82) is 5.41 Å². The molecule has 0 unspecified atom stereocenters. The van der Waals surface area contributed by atoms with E-state index in [0.717, 1.165) is 35.0 Å². The summed E-state index contributed by atoms with van der Waals surface area (Å²) in [7, 11) is 0. The van der Waals surface area contributed by atoms with E-state index in [1.165, 1.54) is 24.0 Å². The smallest absolute Gasteiger partial charge is 0.229 e. The third-order valence-electron chi connectivity index (χ3n) is 6.22. The topological polar surface area (TPSA) is 67.1 Å². The highest BCUT2D eigenvalue weighted by atomic mass is 19.1. The Hall–Kier alpha value is -2.99. The van der Waals surface area contributed by atoms with Crippen LogP contribution in [0, 0.1) is 23.6 Å². The number of halogens is 1. The van der Waals surface area contributed by atoms with Gasteiger partial charge in [0.15, 0.2) is 0 Å². The van der Waals surface area contributed by atoms with Gasteiger partial charge in [-0.3, -0.25) is 4.79 Å². The van der Waals surface area contributed by atoms with Crippen LogP contribution in [0.3, 0.4) is 0 Å². The van der Waals surface area contributed by atoms with E-state index in [2.05, 4.69) is 16.8 Å². The Labute approximate surface area is 188 Å². The zero-order valence-electron chi connectivity index (χ0n) is 19.1. The first kappa shape index (κ1) is 22.2. The average molecular weight is 436 g/mol. The Kier molecular flexibility index (Phi) is 5.91. The van der Waals surface area contributed by atoms with Gasteiger partial charge in [0, 0.05) is 53.1 Å². The summed E-state index contributed by atoms with van der Waals surface area (Å²) in [5.74, 6) is -0.0561. The molecule has 0 radical (unpaired) electrons. The van der Waals surface area contributed by atoms with Crippen LogP contribution in [0.25, 0.3) is 16.6 Å². The van der Waals surface area contributed by atoms with Crippen LogP contribution in [0.2, 0.25) is 0 Å². The van der Waals surface area contributed by atoms with E-state index in [4.69, 9.17) is 10.1 Å². The largest absolute Gasteiger partial charge is 0.381 e. The van der Waals surface area contributed by atoms with Crippen molar-refractivity contribution in [3.8, 4) is 5.69 Å². The summed E-state index contributed by atoms with van der Waals surface area (Å²) in [4.78, 5) is 12.7. The highest BCUT2D eigenvalue weighted by Crippen LogP contribution is 2.39. The summed E-state index contributed by atoms with van der Waals surface area (Å²) < 4.78 is 21.4. The van der Waals surface area contributed by atoms with E-state index in [1.54, 1.807) is 12.1 Å². The lowest BCUT2D eigenvalue weighted by Gasteiger charge is -2.25. The molecule has 0 atom stereocenters. The molecule has 1 amide bonds. The van der Waals surface area contributed by atoms with Crippen molar-refractivity contribution in [2.24, 2.45) is 5.41 Å². The summed E-state index contributed by atoms with van der Waals surface area (Å²) in [5, 5.41) is 12.0. The van der Waals surface area contributed by atoms with Gasteiger partial charge >= 0.3 is 0 Å². The molecule has 5 nitrogen and oxygen atoms in total. The fourth-order valence-corrected chi connectivity index (χ4v) is 4.39. The van der Waals surface area contributed by atoms with Crippen LogP contribution in [-0.4, -0.2) is 29.9 Å². The molecular weight excluding hydrogens is 405 g/mol. The number of nitrogens with one attached hydrogen (secondary N) is 2. The summed E-state index contributed by atoms with van der Waals surface area (Å²) in [6, 6.07) is 10.4. The van der Waals surface area contributed by atoms with E-state index in [-0.39, 0.29) is 11.7 Å². The Balaban J connectivity index is 1.95. The normalized spacial score (nSPS) is 15.2.